The van der Waals surface area contributed by atoms with Crippen LogP contribution >= 0.6 is 11.6 Å². The highest BCUT2D eigenvalue weighted by molar-refractivity contribution is 6.30. The number of methoxy groups -OCH3 is 1. The third-order valence-corrected chi connectivity index (χ3v) is 3.92. The standard InChI is InChI=1S/C16H15ClF4N2O2/c1-25-14(24)7-15(22,13-3-2-11(17)8-23-13)9-4-10(16(19,20)21)6-12(18)5-9/h2-6,8,14,24H,7,22H2,1H3/t14?,15-/m0/s1. The topological polar surface area (TPSA) is 68.4 Å². The van der Waals surface area contributed by atoms with Crippen LogP contribution in [0, 0.1) is 5.82 Å². The Morgan fingerprint density at radius 3 is 2.40 bits per heavy atom. The number of nitrogens with zero attached hydrogens (tertiary/aromatic N) is 1. The van der Waals surface area contributed by atoms with E-state index in [2.05, 4.69) is 4.98 Å². The maximum atomic E-state index is 13.8. The third-order valence-electron chi connectivity index (χ3n) is 3.69. The number of benzene rings is 1. The molecule has 1 unspecified atom stereocenters. The maximum absolute atomic E-state index is 13.8. The molecule has 2 rings (SSSR count). The minimum atomic E-state index is -4.76. The highest BCUT2D eigenvalue weighted by atomic mass is 35.5. The van der Waals surface area contributed by atoms with E-state index in [0.29, 0.717) is 6.07 Å². The van der Waals surface area contributed by atoms with Crippen LogP contribution in [-0.2, 0) is 16.5 Å². The molecular weight excluding hydrogens is 364 g/mol. The van der Waals surface area contributed by atoms with Gasteiger partial charge in [-0.25, -0.2) is 4.39 Å². The van der Waals surface area contributed by atoms with Gasteiger partial charge < -0.3 is 15.6 Å². The fourth-order valence-electron chi connectivity index (χ4n) is 2.38. The van der Waals surface area contributed by atoms with Gasteiger partial charge in [-0.05, 0) is 35.9 Å². The number of ether oxygens (including phenoxy) is 1. The molecule has 25 heavy (non-hydrogen) atoms. The second-order valence-corrected chi connectivity index (χ2v) is 5.89. The zero-order valence-electron chi connectivity index (χ0n) is 13.0. The molecular formula is C16H15ClF4N2O2. The SMILES string of the molecule is COC(O)C[C@](N)(c1cc(F)cc(C(F)(F)F)c1)c1ccc(Cl)cn1. The molecule has 0 bridgehead atoms. The summed E-state index contributed by atoms with van der Waals surface area (Å²) in [4.78, 5) is 4.01. The Hall–Kier alpha value is -1.74. The molecule has 0 aliphatic carbocycles. The van der Waals surface area contributed by atoms with Gasteiger partial charge in [0.15, 0.2) is 6.29 Å². The van der Waals surface area contributed by atoms with Gasteiger partial charge in [0, 0.05) is 19.7 Å². The van der Waals surface area contributed by atoms with Crippen LogP contribution in [0.1, 0.15) is 23.2 Å². The van der Waals surface area contributed by atoms with Crippen molar-refractivity contribution < 1.29 is 27.4 Å². The highest BCUT2D eigenvalue weighted by Crippen LogP contribution is 2.36. The van der Waals surface area contributed by atoms with Gasteiger partial charge in [0.05, 0.1) is 21.8 Å². The average Bonchev–Trinajstić information content (AvgIpc) is 2.53. The summed E-state index contributed by atoms with van der Waals surface area (Å²) in [5, 5.41) is 10.1. The molecule has 2 atom stereocenters. The number of aliphatic hydroxyl groups excluding tert-OH is 1. The van der Waals surface area contributed by atoms with E-state index in [-0.39, 0.29) is 22.7 Å². The van der Waals surface area contributed by atoms with Crippen LogP contribution in [0.2, 0.25) is 5.02 Å². The molecule has 0 saturated heterocycles. The molecule has 9 heteroatoms. The first-order chi connectivity index (χ1) is 11.6. The molecule has 0 fully saturated rings. The number of aliphatic hydroxyl groups is 1. The van der Waals surface area contributed by atoms with Gasteiger partial charge in [0.25, 0.3) is 0 Å². The minimum absolute atomic E-state index is 0.103. The quantitative estimate of drug-likeness (QED) is 0.617. The lowest BCUT2D eigenvalue weighted by Crippen LogP contribution is -2.42. The fraction of sp³-hybridized carbons (Fsp3) is 0.312. The van der Waals surface area contributed by atoms with Crippen LogP contribution < -0.4 is 5.73 Å². The molecule has 1 aromatic heterocycles. The summed E-state index contributed by atoms with van der Waals surface area (Å²) in [6.45, 7) is 0. The summed E-state index contributed by atoms with van der Waals surface area (Å²) >= 11 is 5.76. The van der Waals surface area contributed by atoms with Crippen molar-refractivity contribution in [1.82, 2.24) is 4.98 Å². The van der Waals surface area contributed by atoms with E-state index in [1.165, 1.54) is 25.4 Å². The van der Waals surface area contributed by atoms with E-state index in [9.17, 15) is 22.7 Å². The van der Waals surface area contributed by atoms with Gasteiger partial charge in [0.1, 0.15) is 5.82 Å². The summed E-state index contributed by atoms with van der Waals surface area (Å²) in [6, 6.07) is 4.79. The molecule has 0 amide bonds. The van der Waals surface area contributed by atoms with E-state index >= 15 is 0 Å². The molecule has 136 valence electrons. The lowest BCUT2D eigenvalue weighted by Gasteiger charge is -2.32. The van der Waals surface area contributed by atoms with E-state index in [1.54, 1.807) is 0 Å². The number of alkyl halides is 3. The van der Waals surface area contributed by atoms with Crippen molar-refractivity contribution in [1.29, 1.82) is 0 Å². The molecule has 0 saturated carbocycles. The summed E-state index contributed by atoms with van der Waals surface area (Å²) in [7, 11) is 1.20. The normalized spacial score (nSPS) is 15.7. The first-order valence-electron chi connectivity index (χ1n) is 7.06. The number of hydrogen-bond donors (Lipinski definition) is 2. The van der Waals surface area contributed by atoms with E-state index < -0.39 is 29.4 Å². The smallest absolute Gasteiger partial charge is 0.368 e. The van der Waals surface area contributed by atoms with E-state index in [1.807, 2.05) is 0 Å². The van der Waals surface area contributed by atoms with Gasteiger partial charge in [-0.15, -0.1) is 0 Å². The molecule has 1 aromatic carbocycles. The van der Waals surface area contributed by atoms with Crippen molar-refractivity contribution in [2.24, 2.45) is 5.73 Å². The molecule has 4 nitrogen and oxygen atoms in total. The van der Waals surface area contributed by atoms with Crippen molar-refractivity contribution in [3.05, 3.63) is 64.2 Å². The first kappa shape index (κ1) is 19.6. The Balaban J connectivity index is 2.63. The Kier molecular flexibility index (Phi) is 5.68. The molecule has 1 heterocycles. The number of halogens is 5. The van der Waals surface area contributed by atoms with Crippen LogP contribution in [0.5, 0.6) is 0 Å². The summed E-state index contributed by atoms with van der Waals surface area (Å²) in [6.07, 6.45) is -5.26. The van der Waals surface area contributed by atoms with Crippen molar-refractivity contribution in [3.8, 4) is 0 Å². The van der Waals surface area contributed by atoms with Gasteiger partial charge in [-0.1, -0.05) is 11.6 Å². The Labute approximate surface area is 146 Å². The molecule has 3 N–H and O–H groups in total. The average molecular weight is 379 g/mol. The van der Waals surface area contributed by atoms with Crippen molar-refractivity contribution in [2.45, 2.75) is 24.4 Å². The number of aromatic nitrogens is 1. The molecule has 0 spiro atoms. The highest BCUT2D eigenvalue weighted by Gasteiger charge is 2.38. The zero-order valence-corrected chi connectivity index (χ0v) is 13.8. The number of nitrogens with two attached hydrogens (primary N) is 1. The summed E-state index contributed by atoms with van der Waals surface area (Å²) < 4.78 is 57.6. The Morgan fingerprint density at radius 2 is 1.88 bits per heavy atom. The molecule has 2 aromatic rings. The van der Waals surface area contributed by atoms with Crippen LogP contribution in [0.15, 0.2) is 36.5 Å². The predicted octanol–water partition coefficient (Wildman–Crippen LogP) is 3.45. The zero-order chi connectivity index (χ0) is 18.8. The van der Waals surface area contributed by atoms with Crippen molar-refractivity contribution >= 4 is 11.6 Å². The second-order valence-electron chi connectivity index (χ2n) is 5.45. The third kappa shape index (κ3) is 4.46. The minimum Gasteiger partial charge on any atom is -0.368 e. The number of rotatable bonds is 5. The van der Waals surface area contributed by atoms with E-state index in [0.717, 1.165) is 12.1 Å². The fourth-order valence-corrected chi connectivity index (χ4v) is 2.49. The van der Waals surface area contributed by atoms with Crippen LogP contribution in [0.4, 0.5) is 17.6 Å². The number of pyridine rings is 1. The number of hydrogen-bond acceptors (Lipinski definition) is 4. The Bertz CT molecular complexity index is 740. The monoisotopic (exact) mass is 378 g/mol. The first-order valence-corrected chi connectivity index (χ1v) is 7.44. The van der Waals surface area contributed by atoms with Gasteiger partial charge in [-0.2, -0.15) is 13.2 Å². The lowest BCUT2D eigenvalue weighted by molar-refractivity contribution is -0.137. The summed E-state index contributed by atoms with van der Waals surface area (Å²) in [5.74, 6) is -1.11. The lowest BCUT2D eigenvalue weighted by atomic mass is 9.83. The summed E-state index contributed by atoms with van der Waals surface area (Å²) in [5.41, 5.74) is 3.24. The van der Waals surface area contributed by atoms with Crippen LogP contribution in [0.3, 0.4) is 0 Å². The molecule has 0 aliphatic heterocycles. The van der Waals surface area contributed by atoms with E-state index in [4.69, 9.17) is 22.1 Å². The predicted molar refractivity (Wildman–Crippen MR) is 83.2 cm³/mol. The van der Waals surface area contributed by atoms with Crippen LogP contribution in [-0.4, -0.2) is 23.5 Å². The maximum Gasteiger partial charge on any atom is 0.416 e. The van der Waals surface area contributed by atoms with Crippen molar-refractivity contribution in [3.63, 3.8) is 0 Å². The van der Waals surface area contributed by atoms with Crippen molar-refractivity contribution in [2.75, 3.05) is 7.11 Å². The largest absolute Gasteiger partial charge is 0.416 e. The Morgan fingerprint density at radius 1 is 1.24 bits per heavy atom. The van der Waals surface area contributed by atoms with Crippen LogP contribution in [0.25, 0.3) is 0 Å². The molecule has 0 aliphatic rings. The molecule has 0 radical (unpaired) electrons. The van der Waals surface area contributed by atoms with Gasteiger partial charge >= 0.3 is 6.18 Å². The van der Waals surface area contributed by atoms with Gasteiger partial charge in [-0.3, -0.25) is 4.98 Å². The second kappa shape index (κ2) is 7.25. The van der Waals surface area contributed by atoms with Gasteiger partial charge in [0.2, 0.25) is 0 Å².